The van der Waals surface area contributed by atoms with E-state index in [4.69, 9.17) is 4.74 Å². The van der Waals surface area contributed by atoms with Gasteiger partial charge in [-0.2, -0.15) is 0 Å². The van der Waals surface area contributed by atoms with Crippen molar-refractivity contribution in [2.24, 2.45) is 17.8 Å². The SMILES string of the molecule is CCNC1COCC1CNCC(C)C(C)C. The second-order valence-electron chi connectivity index (χ2n) is 5.34. The van der Waals surface area contributed by atoms with Crippen LogP contribution in [0.4, 0.5) is 0 Å². The molecule has 96 valence electrons. The second kappa shape index (κ2) is 7.25. The van der Waals surface area contributed by atoms with Gasteiger partial charge in [-0.3, -0.25) is 0 Å². The van der Waals surface area contributed by atoms with Gasteiger partial charge < -0.3 is 15.4 Å². The van der Waals surface area contributed by atoms with Crippen molar-refractivity contribution in [2.75, 3.05) is 32.8 Å². The second-order valence-corrected chi connectivity index (χ2v) is 5.34. The number of likely N-dealkylation sites (N-methyl/N-ethyl adjacent to an activating group) is 1. The third-order valence-corrected chi connectivity index (χ3v) is 3.68. The van der Waals surface area contributed by atoms with E-state index in [-0.39, 0.29) is 0 Å². The molecule has 1 saturated heterocycles. The molecular weight excluding hydrogens is 200 g/mol. The fourth-order valence-corrected chi connectivity index (χ4v) is 2.02. The average Bonchev–Trinajstić information content (AvgIpc) is 2.66. The van der Waals surface area contributed by atoms with Crippen molar-refractivity contribution < 1.29 is 4.74 Å². The van der Waals surface area contributed by atoms with Gasteiger partial charge in [-0.05, 0) is 24.9 Å². The molecule has 0 aromatic rings. The van der Waals surface area contributed by atoms with Crippen LogP contribution in [0.15, 0.2) is 0 Å². The van der Waals surface area contributed by atoms with Crippen molar-refractivity contribution in [3.05, 3.63) is 0 Å². The lowest BCUT2D eigenvalue weighted by atomic mass is 9.97. The van der Waals surface area contributed by atoms with E-state index in [9.17, 15) is 0 Å². The molecule has 3 atom stereocenters. The number of rotatable bonds is 7. The molecule has 0 bridgehead atoms. The lowest BCUT2D eigenvalue weighted by Crippen LogP contribution is -2.41. The zero-order valence-electron chi connectivity index (χ0n) is 11.3. The van der Waals surface area contributed by atoms with Gasteiger partial charge in [-0.15, -0.1) is 0 Å². The van der Waals surface area contributed by atoms with Crippen LogP contribution >= 0.6 is 0 Å². The molecule has 1 fully saturated rings. The molecule has 0 saturated carbocycles. The minimum absolute atomic E-state index is 0.548. The summed E-state index contributed by atoms with van der Waals surface area (Å²) in [5, 5.41) is 7.07. The Labute approximate surface area is 100 Å². The van der Waals surface area contributed by atoms with Crippen LogP contribution in [0.3, 0.4) is 0 Å². The summed E-state index contributed by atoms with van der Waals surface area (Å²) in [6, 6.07) is 0.548. The number of nitrogens with one attached hydrogen (secondary N) is 2. The van der Waals surface area contributed by atoms with E-state index in [2.05, 4.69) is 38.3 Å². The summed E-state index contributed by atoms with van der Waals surface area (Å²) in [6.07, 6.45) is 0. The fraction of sp³-hybridized carbons (Fsp3) is 1.00. The highest BCUT2D eigenvalue weighted by Crippen LogP contribution is 2.13. The van der Waals surface area contributed by atoms with E-state index in [1.54, 1.807) is 0 Å². The van der Waals surface area contributed by atoms with E-state index >= 15 is 0 Å². The maximum atomic E-state index is 5.52. The Balaban J connectivity index is 2.16. The van der Waals surface area contributed by atoms with Crippen molar-refractivity contribution in [3.63, 3.8) is 0 Å². The predicted molar refractivity (Wildman–Crippen MR) is 68.6 cm³/mol. The largest absolute Gasteiger partial charge is 0.379 e. The van der Waals surface area contributed by atoms with E-state index in [0.29, 0.717) is 12.0 Å². The quantitative estimate of drug-likeness (QED) is 0.693. The summed E-state index contributed by atoms with van der Waals surface area (Å²) < 4.78 is 5.52. The van der Waals surface area contributed by atoms with Gasteiger partial charge in [-0.1, -0.05) is 27.7 Å². The van der Waals surface area contributed by atoms with Crippen molar-refractivity contribution >= 4 is 0 Å². The van der Waals surface area contributed by atoms with Crippen molar-refractivity contribution in [1.82, 2.24) is 10.6 Å². The highest BCUT2D eigenvalue weighted by Gasteiger charge is 2.26. The third-order valence-electron chi connectivity index (χ3n) is 3.68. The molecule has 3 heteroatoms. The molecule has 0 aliphatic carbocycles. The van der Waals surface area contributed by atoms with Gasteiger partial charge in [0.1, 0.15) is 0 Å². The Kier molecular flexibility index (Phi) is 6.32. The van der Waals surface area contributed by atoms with Gasteiger partial charge >= 0.3 is 0 Å². The van der Waals surface area contributed by atoms with Gasteiger partial charge in [-0.25, -0.2) is 0 Å². The van der Waals surface area contributed by atoms with Gasteiger partial charge in [0.25, 0.3) is 0 Å². The minimum atomic E-state index is 0.548. The molecule has 1 aliphatic heterocycles. The van der Waals surface area contributed by atoms with Crippen LogP contribution in [-0.2, 0) is 4.74 Å². The summed E-state index contributed by atoms with van der Waals surface area (Å²) in [7, 11) is 0. The smallest absolute Gasteiger partial charge is 0.0623 e. The van der Waals surface area contributed by atoms with E-state index in [1.807, 2.05) is 0 Å². The van der Waals surface area contributed by atoms with Crippen LogP contribution in [0, 0.1) is 17.8 Å². The van der Waals surface area contributed by atoms with Crippen molar-refractivity contribution in [2.45, 2.75) is 33.7 Å². The van der Waals surface area contributed by atoms with Crippen LogP contribution in [-0.4, -0.2) is 38.9 Å². The Morgan fingerprint density at radius 3 is 2.62 bits per heavy atom. The van der Waals surface area contributed by atoms with Gasteiger partial charge in [0.05, 0.1) is 13.2 Å². The first kappa shape index (κ1) is 13.9. The monoisotopic (exact) mass is 228 g/mol. The van der Waals surface area contributed by atoms with Gasteiger partial charge in [0.15, 0.2) is 0 Å². The summed E-state index contributed by atoms with van der Waals surface area (Å²) >= 11 is 0. The third kappa shape index (κ3) is 4.40. The normalized spacial score (nSPS) is 27.6. The van der Waals surface area contributed by atoms with Crippen molar-refractivity contribution in [3.8, 4) is 0 Å². The number of ether oxygens (including phenoxy) is 1. The molecular formula is C13H28N2O. The van der Waals surface area contributed by atoms with Crippen LogP contribution < -0.4 is 10.6 Å². The topological polar surface area (TPSA) is 33.3 Å². The molecule has 0 aromatic carbocycles. The van der Waals surface area contributed by atoms with Crippen LogP contribution in [0.1, 0.15) is 27.7 Å². The Morgan fingerprint density at radius 2 is 2.00 bits per heavy atom. The molecule has 0 amide bonds. The first-order valence-corrected chi connectivity index (χ1v) is 6.67. The van der Waals surface area contributed by atoms with Crippen LogP contribution in [0.25, 0.3) is 0 Å². The number of hydrogen-bond acceptors (Lipinski definition) is 3. The highest BCUT2D eigenvalue weighted by molar-refractivity contribution is 4.82. The molecule has 0 aromatic heterocycles. The molecule has 3 nitrogen and oxygen atoms in total. The zero-order chi connectivity index (χ0) is 12.0. The van der Waals surface area contributed by atoms with E-state index < -0.39 is 0 Å². The van der Waals surface area contributed by atoms with E-state index in [0.717, 1.165) is 44.7 Å². The molecule has 1 aliphatic rings. The van der Waals surface area contributed by atoms with E-state index in [1.165, 1.54) is 0 Å². The standard InChI is InChI=1S/C13H28N2O/c1-5-15-13-9-16-8-12(13)7-14-6-11(4)10(2)3/h10-15H,5-9H2,1-4H3. The van der Waals surface area contributed by atoms with Crippen LogP contribution in [0.2, 0.25) is 0 Å². The Morgan fingerprint density at radius 1 is 1.25 bits per heavy atom. The maximum Gasteiger partial charge on any atom is 0.0623 e. The summed E-state index contributed by atoms with van der Waals surface area (Å²) in [6.45, 7) is 14.0. The van der Waals surface area contributed by atoms with Crippen LogP contribution in [0.5, 0.6) is 0 Å². The van der Waals surface area contributed by atoms with Gasteiger partial charge in [0.2, 0.25) is 0 Å². The van der Waals surface area contributed by atoms with Gasteiger partial charge in [0, 0.05) is 18.5 Å². The Hall–Kier alpha value is -0.120. The fourth-order valence-electron chi connectivity index (χ4n) is 2.02. The lowest BCUT2D eigenvalue weighted by molar-refractivity contribution is 0.182. The molecule has 16 heavy (non-hydrogen) atoms. The first-order valence-electron chi connectivity index (χ1n) is 6.67. The molecule has 0 spiro atoms. The Bertz CT molecular complexity index is 185. The summed E-state index contributed by atoms with van der Waals surface area (Å²) in [4.78, 5) is 0. The highest BCUT2D eigenvalue weighted by atomic mass is 16.5. The molecule has 3 unspecified atom stereocenters. The molecule has 2 N–H and O–H groups in total. The average molecular weight is 228 g/mol. The molecule has 0 radical (unpaired) electrons. The molecule has 1 rings (SSSR count). The summed E-state index contributed by atoms with van der Waals surface area (Å²) in [5.74, 6) is 2.15. The zero-order valence-corrected chi connectivity index (χ0v) is 11.3. The first-order chi connectivity index (χ1) is 7.65. The predicted octanol–water partition coefficient (Wildman–Crippen LogP) is 1.49. The minimum Gasteiger partial charge on any atom is -0.379 e. The number of hydrogen-bond donors (Lipinski definition) is 2. The van der Waals surface area contributed by atoms with Crippen molar-refractivity contribution in [1.29, 1.82) is 0 Å². The lowest BCUT2D eigenvalue weighted by Gasteiger charge is -2.21. The molecule has 1 heterocycles. The summed E-state index contributed by atoms with van der Waals surface area (Å²) in [5.41, 5.74) is 0. The maximum absolute atomic E-state index is 5.52.